The second-order valence-corrected chi connectivity index (χ2v) is 5.61. The molecule has 6 nitrogen and oxygen atoms in total. The molecule has 0 atom stereocenters. The van der Waals surface area contributed by atoms with Gasteiger partial charge in [-0.1, -0.05) is 0 Å². The summed E-state index contributed by atoms with van der Waals surface area (Å²) in [5.74, 6) is -16.9. The number of Topliss-reactive ketones (excluding diaryl/α,β-unsaturated/α-hetero) is 6. The molecular formula is C15H3F18NdO6. The first-order valence-corrected chi connectivity index (χ1v) is 7.86. The van der Waals surface area contributed by atoms with Gasteiger partial charge in [-0.15, -0.1) is 0 Å². The third kappa shape index (κ3) is 20.6. The molecule has 0 aromatic rings. The van der Waals surface area contributed by atoms with E-state index in [0.29, 0.717) is 0 Å². The molecule has 0 saturated carbocycles. The molecule has 0 N–H and O–H groups in total. The summed E-state index contributed by atoms with van der Waals surface area (Å²) < 4.78 is 203. The number of alkyl halides is 18. The maximum absolute atomic E-state index is 11.3. The molecule has 229 valence electrons. The number of hydrogen-bond donors (Lipinski definition) is 0. The van der Waals surface area contributed by atoms with Gasteiger partial charge >= 0.3 is 77.9 Å². The van der Waals surface area contributed by atoms with E-state index >= 15 is 0 Å². The predicted molar refractivity (Wildman–Crippen MR) is 79.3 cm³/mol. The van der Waals surface area contributed by atoms with Crippen LogP contribution in [0, 0.1) is 60.1 Å². The van der Waals surface area contributed by atoms with Crippen molar-refractivity contribution in [2.45, 2.75) is 37.1 Å². The van der Waals surface area contributed by atoms with Crippen LogP contribution in [-0.2, 0) is 28.8 Å². The number of hydrogen-bond acceptors (Lipinski definition) is 6. The van der Waals surface area contributed by atoms with E-state index in [0.717, 1.165) is 0 Å². The van der Waals surface area contributed by atoms with E-state index in [4.69, 9.17) is 0 Å². The fraction of sp³-hybridized carbons (Fsp3) is 0.400. The minimum absolute atomic E-state index is 0. The molecule has 0 aliphatic heterocycles. The Bertz CT molecular complexity index is 726. The van der Waals surface area contributed by atoms with Crippen LogP contribution in [0.5, 0.6) is 0 Å². The van der Waals surface area contributed by atoms with Crippen LogP contribution in [0.15, 0.2) is 0 Å². The molecule has 0 unspecified atom stereocenters. The Balaban J connectivity index is -0.000000240. The van der Waals surface area contributed by atoms with Crippen LogP contribution in [0.3, 0.4) is 0 Å². The van der Waals surface area contributed by atoms with Crippen molar-refractivity contribution in [1.29, 1.82) is 0 Å². The standard InChI is InChI=1S/3C5HF6O2.Nd/c3*6-4(7,8)2(12)1-3(13)5(9,10)11;/h3*1H;/q3*-1;+3. The van der Waals surface area contributed by atoms with Crippen LogP contribution in [-0.4, -0.2) is 71.8 Å². The molecule has 0 bridgehead atoms. The van der Waals surface area contributed by atoms with E-state index < -0.39 is 91.0 Å². The first-order valence-electron chi connectivity index (χ1n) is 7.86. The fourth-order valence-electron chi connectivity index (χ4n) is 0.848. The molecule has 0 aliphatic rings. The van der Waals surface area contributed by atoms with Gasteiger partial charge in [0.05, 0.1) is 0 Å². The van der Waals surface area contributed by atoms with Crippen molar-refractivity contribution in [3.8, 4) is 0 Å². The minimum Gasteiger partial charge on any atom is -0.324 e. The molecule has 0 amide bonds. The average Bonchev–Trinajstić information content (AvgIpc) is 2.64. The van der Waals surface area contributed by atoms with E-state index in [1.807, 2.05) is 0 Å². The number of ketones is 6. The van der Waals surface area contributed by atoms with Gasteiger partial charge in [0.2, 0.25) is 0 Å². The van der Waals surface area contributed by atoms with Crippen LogP contribution in [0.1, 0.15) is 0 Å². The Hall–Kier alpha value is -2.28. The average molecular weight is 765 g/mol. The smallest absolute Gasteiger partial charge is 0.324 e. The van der Waals surface area contributed by atoms with Gasteiger partial charge < -0.3 is 28.8 Å². The van der Waals surface area contributed by atoms with Crippen LogP contribution in [0.2, 0.25) is 0 Å². The van der Waals surface area contributed by atoms with Gasteiger partial charge in [-0.3, -0.25) is 0 Å². The van der Waals surface area contributed by atoms with E-state index in [-0.39, 0.29) is 40.8 Å². The molecule has 0 aromatic heterocycles. The van der Waals surface area contributed by atoms with Crippen LogP contribution in [0.4, 0.5) is 79.0 Å². The van der Waals surface area contributed by atoms with Crippen molar-refractivity contribution in [2.24, 2.45) is 0 Å². The van der Waals surface area contributed by atoms with Gasteiger partial charge in [-0.25, -0.2) is 19.3 Å². The van der Waals surface area contributed by atoms with Crippen LogP contribution >= 0.6 is 0 Å². The number of halogens is 18. The van der Waals surface area contributed by atoms with E-state index in [9.17, 15) is 108 Å². The van der Waals surface area contributed by atoms with Crippen molar-refractivity contribution in [3.05, 3.63) is 19.3 Å². The van der Waals surface area contributed by atoms with Gasteiger partial charge in [0.15, 0.2) is 0 Å². The van der Waals surface area contributed by atoms with Crippen molar-refractivity contribution in [1.82, 2.24) is 0 Å². The predicted octanol–water partition coefficient (Wildman–Crippen LogP) is 4.36. The minimum atomic E-state index is -5.46. The molecule has 1 radical (unpaired) electrons. The van der Waals surface area contributed by atoms with Crippen molar-refractivity contribution < 1.29 is 149 Å². The van der Waals surface area contributed by atoms with Gasteiger partial charge in [-0.05, 0) is 0 Å². The summed E-state index contributed by atoms with van der Waals surface area (Å²) in [7, 11) is 0. The summed E-state index contributed by atoms with van der Waals surface area (Å²) >= 11 is 0. The maximum atomic E-state index is 11.3. The number of carbonyl (C=O) groups excluding carboxylic acids is 6. The molecule has 0 aliphatic carbocycles. The largest absolute Gasteiger partial charge is 3.00 e. The van der Waals surface area contributed by atoms with Crippen molar-refractivity contribution in [2.75, 3.05) is 0 Å². The van der Waals surface area contributed by atoms with Gasteiger partial charge in [0.1, 0.15) is 34.7 Å². The number of rotatable bonds is 6. The van der Waals surface area contributed by atoms with E-state index in [1.54, 1.807) is 0 Å². The molecular weight excluding hydrogens is 762 g/mol. The normalized spacial score (nSPS) is 12.2. The molecule has 0 saturated heterocycles. The molecule has 25 heteroatoms. The summed E-state index contributed by atoms with van der Waals surface area (Å²) in [6.45, 7) is 0. The first kappa shape index (κ1) is 44.7. The zero-order valence-corrected chi connectivity index (χ0v) is 20.7. The molecule has 0 rings (SSSR count). The summed E-state index contributed by atoms with van der Waals surface area (Å²) in [4.78, 5) is 58.9. The van der Waals surface area contributed by atoms with E-state index in [2.05, 4.69) is 0 Å². The fourth-order valence-corrected chi connectivity index (χ4v) is 0.848. The Kier molecular flexibility index (Phi) is 17.5. The summed E-state index contributed by atoms with van der Waals surface area (Å²) in [6.07, 6.45) is -35.8. The van der Waals surface area contributed by atoms with E-state index in [1.165, 1.54) is 0 Å². The monoisotopic (exact) mass is 763 g/mol. The summed E-state index contributed by atoms with van der Waals surface area (Å²) in [6, 6.07) is 0. The molecule has 0 aromatic carbocycles. The first-order chi connectivity index (χ1) is 16.6. The quantitative estimate of drug-likeness (QED) is 0.227. The van der Waals surface area contributed by atoms with Crippen LogP contribution < -0.4 is 0 Å². The van der Waals surface area contributed by atoms with Gasteiger partial charge in [0, 0.05) is 0 Å². The number of carbonyl (C=O) groups is 6. The topological polar surface area (TPSA) is 102 Å². The Labute approximate surface area is 239 Å². The third-order valence-corrected chi connectivity index (χ3v) is 2.46. The molecule has 0 spiro atoms. The third-order valence-electron chi connectivity index (χ3n) is 2.46. The molecule has 0 fully saturated rings. The van der Waals surface area contributed by atoms with Gasteiger partial charge in [0.25, 0.3) is 0 Å². The van der Waals surface area contributed by atoms with Gasteiger partial charge in [-0.2, -0.15) is 79.0 Å². The second kappa shape index (κ2) is 15.6. The van der Waals surface area contributed by atoms with Crippen LogP contribution in [0.25, 0.3) is 0 Å². The van der Waals surface area contributed by atoms with Crippen molar-refractivity contribution in [3.63, 3.8) is 0 Å². The zero-order chi connectivity index (χ0) is 32.6. The molecule has 0 heterocycles. The summed E-state index contributed by atoms with van der Waals surface area (Å²) in [5, 5.41) is 0. The Morgan fingerprint density at radius 1 is 0.275 bits per heavy atom. The summed E-state index contributed by atoms with van der Waals surface area (Å²) in [5.41, 5.74) is 0. The van der Waals surface area contributed by atoms with Crippen molar-refractivity contribution >= 4 is 34.7 Å². The second-order valence-electron chi connectivity index (χ2n) is 5.61. The zero-order valence-electron chi connectivity index (χ0n) is 17.5. The maximum Gasteiger partial charge on any atom is 3.00 e. The Morgan fingerprint density at radius 3 is 0.400 bits per heavy atom. The Morgan fingerprint density at radius 2 is 0.350 bits per heavy atom. The molecule has 40 heavy (non-hydrogen) atoms. The SMILES string of the molecule is O=C([CH-]C(=O)C(F)(F)F)C(F)(F)F.O=C([CH-]C(=O)C(F)(F)F)C(F)(F)F.O=C([CH-]C(=O)C(F)(F)F)C(F)(F)F.[Nd+3].